The minimum absolute atomic E-state index is 0.456. The van der Waals surface area contributed by atoms with Gasteiger partial charge in [-0.15, -0.1) is 0 Å². The number of piperidine rings is 1. The highest BCUT2D eigenvalue weighted by Gasteiger charge is 2.19. The van der Waals surface area contributed by atoms with E-state index in [9.17, 15) is 0 Å². The standard InChI is InChI=1S/C18H29BrN2/c1-3-11-20-18(16-8-4-5-9-17(16)19)10-13-21-12-6-7-15(2)14-21/h4-5,8-9,15,18,20H,3,6-7,10-14H2,1-2H3. The Balaban J connectivity index is 1.94. The number of benzene rings is 1. The van der Waals surface area contributed by atoms with Gasteiger partial charge in [0.2, 0.25) is 0 Å². The fraction of sp³-hybridized carbons (Fsp3) is 0.667. The van der Waals surface area contributed by atoms with Gasteiger partial charge >= 0.3 is 0 Å². The summed E-state index contributed by atoms with van der Waals surface area (Å²) < 4.78 is 1.23. The zero-order chi connectivity index (χ0) is 15.1. The first kappa shape index (κ1) is 17.0. The molecule has 1 aromatic carbocycles. The zero-order valence-corrected chi connectivity index (χ0v) is 15.0. The summed E-state index contributed by atoms with van der Waals surface area (Å²) in [5.41, 5.74) is 1.40. The average molecular weight is 353 g/mol. The van der Waals surface area contributed by atoms with E-state index >= 15 is 0 Å². The summed E-state index contributed by atoms with van der Waals surface area (Å²) in [7, 11) is 0. The van der Waals surface area contributed by atoms with E-state index in [-0.39, 0.29) is 0 Å². The molecule has 0 radical (unpaired) electrons. The van der Waals surface area contributed by atoms with Crippen LogP contribution in [0, 0.1) is 5.92 Å². The van der Waals surface area contributed by atoms with Gasteiger partial charge in [-0.05, 0) is 62.9 Å². The maximum Gasteiger partial charge on any atom is 0.0343 e. The normalized spacial score (nSPS) is 21.4. The van der Waals surface area contributed by atoms with Crippen LogP contribution in [0.2, 0.25) is 0 Å². The molecule has 0 amide bonds. The van der Waals surface area contributed by atoms with Crippen LogP contribution in [0.1, 0.15) is 51.1 Å². The van der Waals surface area contributed by atoms with Crippen molar-refractivity contribution in [3.63, 3.8) is 0 Å². The van der Waals surface area contributed by atoms with E-state index in [0.717, 1.165) is 12.5 Å². The molecule has 1 N–H and O–H groups in total. The Labute approximate surface area is 138 Å². The molecule has 1 aromatic rings. The third-order valence-electron chi connectivity index (χ3n) is 4.40. The Morgan fingerprint density at radius 1 is 1.38 bits per heavy atom. The topological polar surface area (TPSA) is 15.3 Å². The summed E-state index contributed by atoms with van der Waals surface area (Å²) in [5, 5.41) is 3.72. The van der Waals surface area contributed by atoms with Gasteiger partial charge in [-0.1, -0.05) is 48.0 Å². The lowest BCUT2D eigenvalue weighted by Gasteiger charge is -2.32. The molecule has 2 atom stereocenters. The van der Waals surface area contributed by atoms with Crippen molar-refractivity contribution in [2.45, 2.75) is 45.6 Å². The first-order valence-electron chi connectivity index (χ1n) is 8.41. The van der Waals surface area contributed by atoms with Gasteiger partial charge in [0.1, 0.15) is 0 Å². The van der Waals surface area contributed by atoms with Crippen molar-refractivity contribution >= 4 is 15.9 Å². The molecule has 0 saturated carbocycles. The van der Waals surface area contributed by atoms with Crippen molar-refractivity contribution in [3.05, 3.63) is 34.3 Å². The third-order valence-corrected chi connectivity index (χ3v) is 5.12. The molecule has 21 heavy (non-hydrogen) atoms. The van der Waals surface area contributed by atoms with E-state index in [2.05, 4.69) is 64.3 Å². The molecule has 1 aliphatic rings. The molecular weight excluding hydrogens is 324 g/mol. The van der Waals surface area contributed by atoms with Crippen molar-refractivity contribution in [2.75, 3.05) is 26.2 Å². The fourth-order valence-corrected chi connectivity index (χ4v) is 3.81. The highest BCUT2D eigenvalue weighted by Crippen LogP contribution is 2.26. The minimum Gasteiger partial charge on any atom is -0.310 e. The Morgan fingerprint density at radius 2 is 2.19 bits per heavy atom. The molecular formula is C18H29BrN2. The highest BCUT2D eigenvalue weighted by molar-refractivity contribution is 9.10. The number of nitrogens with zero attached hydrogens (tertiary/aromatic N) is 1. The second-order valence-electron chi connectivity index (χ2n) is 6.36. The highest BCUT2D eigenvalue weighted by atomic mass is 79.9. The second-order valence-corrected chi connectivity index (χ2v) is 7.22. The first-order chi connectivity index (χ1) is 10.2. The minimum atomic E-state index is 0.456. The van der Waals surface area contributed by atoms with E-state index in [0.29, 0.717) is 6.04 Å². The smallest absolute Gasteiger partial charge is 0.0343 e. The predicted molar refractivity (Wildman–Crippen MR) is 94.6 cm³/mol. The molecule has 1 heterocycles. The van der Waals surface area contributed by atoms with E-state index in [1.165, 1.54) is 55.4 Å². The van der Waals surface area contributed by atoms with Crippen molar-refractivity contribution < 1.29 is 0 Å². The molecule has 1 saturated heterocycles. The number of rotatable bonds is 7. The van der Waals surface area contributed by atoms with Crippen molar-refractivity contribution in [1.82, 2.24) is 10.2 Å². The quantitative estimate of drug-likeness (QED) is 0.770. The molecule has 0 aromatic heterocycles. The van der Waals surface area contributed by atoms with Crippen LogP contribution in [-0.2, 0) is 0 Å². The van der Waals surface area contributed by atoms with Gasteiger partial charge in [0.25, 0.3) is 0 Å². The molecule has 2 unspecified atom stereocenters. The van der Waals surface area contributed by atoms with Crippen LogP contribution in [0.3, 0.4) is 0 Å². The van der Waals surface area contributed by atoms with E-state index in [4.69, 9.17) is 0 Å². The first-order valence-corrected chi connectivity index (χ1v) is 9.20. The summed E-state index contributed by atoms with van der Waals surface area (Å²) in [6.45, 7) is 9.45. The maximum absolute atomic E-state index is 3.72. The van der Waals surface area contributed by atoms with Crippen LogP contribution in [-0.4, -0.2) is 31.1 Å². The Hall–Kier alpha value is -0.380. The average Bonchev–Trinajstić information content (AvgIpc) is 2.48. The van der Waals surface area contributed by atoms with E-state index < -0.39 is 0 Å². The van der Waals surface area contributed by atoms with E-state index in [1.54, 1.807) is 0 Å². The van der Waals surface area contributed by atoms with E-state index in [1.807, 2.05) is 0 Å². The molecule has 3 heteroatoms. The molecule has 118 valence electrons. The molecule has 2 rings (SSSR count). The molecule has 1 aliphatic heterocycles. The van der Waals surface area contributed by atoms with Crippen molar-refractivity contribution in [3.8, 4) is 0 Å². The molecule has 0 bridgehead atoms. The van der Waals surface area contributed by atoms with Crippen LogP contribution in [0.4, 0.5) is 0 Å². The number of hydrogen-bond donors (Lipinski definition) is 1. The van der Waals surface area contributed by atoms with Crippen LogP contribution in [0.25, 0.3) is 0 Å². The summed E-state index contributed by atoms with van der Waals surface area (Å²) >= 11 is 3.71. The lowest BCUT2D eigenvalue weighted by Crippen LogP contribution is -2.36. The molecule has 1 fully saturated rings. The summed E-state index contributed by atoms with van der Waals surface area (Å²) in [6.07, 6.45) is 5.14. The van der Waals surface area contributed by atoms with Gasteiger partial charge in [-0.25, -0.2) is 0 Å². The Kier molecular flexibility index (Phi) is 7.21. The lowest BCUT2D eigenvalue weighted by molar-refractivity contribution is 0.176. The molecule has 2 nitrogen and oxygen atoms in total. The SMILES string of the molecule is CCCNC(CCN1CCCC(C)C1)c1ccccc1Br. The van der Waals surface area contributed by atoms with Crippen LogP contribution >= 0.6 is 15.9 Å². The van der Waals surface area contributed by atoms with Gasteiger partial charge < -0.3 is 10.2 Å². The maximum atomic E-state index is 3.72. The second kappa shape index (κ2) is 8.92. The number of likely N-dealkylation sites (tertiary alicyclic amines) is 1. The van der Waals surface area contributed by atoms with Crippen molar-refractivity contribution in [2.24, 2.45) is 5.92 Å². The van der Waals surface area contributed by atoms with Gasteiger partial charge in [0.15, 0.2) is 0 Å². The fourth-order valence-electron chi connectivity index (χ4n) is 3.25. The van der Waals surface area contributed by atoms with Gasteiger partial charge in [0.05, 0.1) is 0 Å². The van der Waals surface area contributed by atoms with Gasteiger partial charge in [-0.2, -0.15) is 0 Å². The van der Waals surface area contributed by atoms with Gasteiger partial charge in [0, 0.05) is 17.1 Å². The summed E-state index contributed by atoms with van der Waals surface area (Å²) in [6, 6.07) is 9.09. The lowest BCUT2D eigenvalue weighted by atomic mass is 9.98. The molecule has 0 aliphatic carbocycles. The zero-order valence-electron chi connectivity index (χ0n) is 13.4. The Bertz CT molecular complexity index is 421. The molecule has 0 spiro atoms. The van der Waals surface area contributed by atoms with Crippen LogP contribution in [0.15, 0.2) is 28.7 Å². The van der Waals surface area contributed by atoms with Gasteiger partial charge in [-0.3, -0.25) is 0 Å². The monoisotopic (exact) mass is 352 g/mol. The predicted octanol–water partition coefficient (Wildman–Crippen LogP) is 4.61. The largest absolute Gasteiger partial charge is 0.310 e. The van der Waals surface area contributed by atoms with Crippen molar-refractivity contribution in [1.29, 1.82) is 0 Å². The van der Waals surface area contributed by atoms with Crippen LogP contribution < -0.4 is 5.32 Å². The number of hydrogen-bond acceptors (Lipinski definition) is 2. The van der Waals surface area contributed by atoms with Crippen LogP contribution in [0.5, 0.6) is 0 Å². The summed E-state index contributed by atoms with van der Waals surface area (Å²) in [5.74, 6) is 0.865. The summed E-state index contributed by atoms with van der Waals surface area (Å²) in [4.78, 5) is 2.64. The Morgan fingerprint density at radius 3 is 2.90 bits per heavy atom. The number of halogens is 1. The number of nitrogens with one attached hydrogen (secondary N) is 1. The third kappa shape index (κ3) is 5.39.